The molecule has 0 unspecified atom stereocenters. The number of likely N-dealkylation sites (tertiary alicyclic amines) is 1. The molecule has 242 valence electrons. The van der Waals surface area contributed by atoms with Gasteiger partial charge in [-0.15, -0.1) is 11.3 Å². The molecular weight excluding hydrogens is 628 g/mol. The van der Waals surface area contributed by atoms with Gasteiger partial charge >= 0.3 is 6.09 Å². The van der Waals surface area contributed by atoms with Crippen molar-refractivity contribution in [2.75, 3.05) is 18.4 Å². The molecule has 0 bridgehead atoms. The number of thiophene rings is 1. The molecule has 1 aliphatic rings. The number of carbonyl (C=O) groups excluding carboxylic acids is 2. The number of halogens is 2. The topological polar surface area (TPSA) is 116 Å². The number of nitrogens with one attached hydrogen (secondary N) is 1. The summed E-state index contributed by atoms with van der Waals surface area (Å²) in [5.74, 6) is -1.43. The number of benzene rings is 2. The lowest BCUT2D eigenvalue weighted by Crippen LogP contribution is -2.41. The van der Waals surface area contributed by atoms with Gasteiger partial charge in [-0.1, -0.05) is 0 Å². The lowest BCUT2D eigenvalue weighted by molar-refractivity contribution is 0.0205. The van der Waals surface area contributed by atoms with Gasteiger partial charge in [-0.3, -0.25) is 19.1 Å². The first-order valence-electron chi connectivity index (χ1n) is 14.9. The van der Waals surface area contributed by atoms with Crippen LogP contribution < -0.4 is 15.6 Å². The van der Waals surface area contributed by atoms with Crippen molar-refractivity contribution in [3.8, 4) is 17.2 Å². The molecule has 4 heterocycles. The Hall–Kier alpha value is -5.17. The number of nitrogens with zero attached hydrogens (tertiary/aromatic N) is 4. The summed E-state index contributed by atoms with van der Waals surface area (Å²) in [6, 6.07) is 12.8. The van der Waals surface area contributed by atoms with Crippen LogP contribution in [0.2, 0.25) is 0 Å². The van der Waals surface area contributed by atoms with Crippen LogP contribution in [0.25, 0.3) is 15.9 Å². The molecule has 2 aromatic carbocycles. The van der Waals surface area contributed by atoms with Gasteiger partial charge < -0.3 is 19.7 Å². The van der Waals surface area contributed by atoms with Gasteiger partial charge in [0.2, 0.25) is 0 Å². The molecule has 13 heteroatoms. The molecule has 0 radical (unpaired) electrons. The molecular formula is C34H31F2N5O5S. The zero-order chi connectivity index (χ0) is 33.3. The van der Waals surface area contributed by atoms with E-state index in [-0.39, 0.29) is 23.4 Å². The fourth-order valence-corrected chi connectivity index (χ4v) is 6.47. The monoisotopic (exact) mass is 659 g/mol. The Morgan fingerprint density at radius 1 is 0.957 bits per heavy atom. The van der Waals surface area contributed by atoms with Gasteiger partial charge in [0.05, 0.1) is 10.2 Å². The minimum Gasteiger partial charge on any atom is -0.453 e. The van der Waals surface area contributed by atoms with Gasteiger partial charge in [-0.25, -0.2) is 18.6 Å². The van der Waals surface area contributed by atoms with Gasteiger partial charge in [-0.05, 0) is 82.0 Å². The fraction of sp³-hybridized carbons (Fsp3) is 0.265. The first kappa shape index (κ1) is 31.8. The molecule has 0 saturated carbocycles. The van der Waals surface area contributed by atoms with Crippen molar-refractivity contribution < 1.29 is 27.8 Å². The first-order valence-corrected chi connectivity index (χ1v) is 15.8. The number of rotatable bonds is 6. The molecule has 6 rings (SSSR count). The Bertz CT molecular complexity index is 2010. The number of hydrogen-bond donors (Lipinski definition) is 1. The zero-order valence-corrected chi connectivity index (χ0v) is 26.6. The van der Waals surface area contributed by atoms with Gasteiger partial charge in [0, 0.05) is 60.1 Å². The highest BCUT2D eigenvalue weighted by Crippen LogP contribution is 2.41. The number of ether oxygens (including phenoxy) is 2. The Morgan fingerprint density at radius 3 is 2.40 bits per heavy atom. The fourth-order valence-electron chi connectivity index (χ4n) is 5.23. The van der Waals surface area contributed by atoms with E-state index in [1.54, 1.807) is 17.2 Å². The van der Waals surface area contributed by atoms with Crippen LogP contribution in [0.15, 0.2) is 78.0 Å². The van der Waals surface area contributed by atoms with E-state index in [4.69, 9.17) is 9.47 Å². The summed E-state index contributed by atoms with van der Waals surface area (Å²) in [6.45, 7) is 6.72. The molecule has 0 spiro atoms. The van der Waals surface area contributed by atoms with Crippen LogP contribution >= 0.6 is 11.3 Å². The van der Waals surface area contributed by atoms with Gasteiger partial charge in [-0.2, -0.15) is 0 Å². The van der Waals surface area contributed by atoms with E-state index in [2.05, 4.69) is 15.3 Å². The number of pyridine rings is 1. The smallest absolute Gasteiger partial charge is 0.410 e. The van der Waals surface area contributed by atoms with E-state index in [0.29, 0.717) is 24.5 Å². The van der Waals surface area contributed by atoms with Crippen LogP contribution in [0.4, 0.5) is 19.3 Å². The molecule has 1 aliphatic heterocycles. The number of carbonyl (C=O) groups is 2. The number of hydrogen-bond acceptors (Lipinski definition) is 8. The van der Waals surface area contributed by atoms with Crippen LogP contribution in [-0.4, -0.2) is 50.1 Å². The molecule has 3 aromatic heterocycles. The highest BCUT2D eigenvalue weighted by Gasteiger charge is 2.29. The first-order chi connectivity index (χ1) is 22.4. The molecule has 2 amide bonds. The van der Waals surface area contributed by atoms with Crippen molar-refractivity contribution in [3.05, 3.63) is 106 Å². The Morgan fingerprint density at radius 2 is 1.70 bits per heavy atom. The third-order valence-electron chi connectivity index (χ3n) is 7.51. The normalized spacial score (nSPS) is 13.9. The van der Waals surface area contributed by atoms with Gasteiger partial charge in [0.1, 0.15) is 17.2 Å². The highest BCUT2D eigenvalue weighted by molar-refractivity contribution is 7.19. The quantitative estimate of drug-likeness (QED) is 0.204. The van der Waals surface area contributed by atoms with Crippen LogP contribution in [0.1, 0.15) is 54.9 Å². The van der Waals surface area contributed by atoms with E-state index < -0.39 is 34.4 Å². The lowest BCUT2D eigenvalue weighted by atomic mass is 9.95. The maximum absolute atomic E-state index is 15.2. The van der Waals surface area contributed by atoms with E-state index in [9.17, 15) is 18.8 Å². The van der Waals surface area contributed by atoms with Crippen molar-refractivity contribution >= 4 is 39.2 Å². The summed E-state index contributed by atoms with van der Waals surface area (Å²) in [7, 11) is 0. The van der Waals surface area contributed by atoms with Gasteiger partial charge in [0.15, 0.2) is 17.3 Å². The third kappa shape index (κ3) is 7.14. The van der Waals surface area contributed by atoms with Crippen LogP contribution in [0, 0.1) is 11.6 Å². The summed E-state index contributed by atoms with van der Waals surface area (Å²) in [5, 5.41) is 2.50. The molecule has 0 atom stereocenters. The van der Waals surface area contributed by atoms with Crippen molar-refractivity contribution in [3.63, 3.8) is 0 Å². The predicted octanol–water partition coefficient (Wildman–Crippen LogP) is 7.28. The maximum atomic E-state index is 15.2. The molecule has 0 aliphatic carbocycles. The van der Waals surface area contributed by atoms with Crippen molar-refractivity contribution in [1.82, 2.24) is 19.4 Å². The molecule has 47 heavy (non-hydrogen) atoms. The van der Waals surface area contributed by atoms with Crippen molar-refractivity contribution in [1.29, 1.82) is 0 Å². The summed E-state index contributed by atoms with van der Waals surface area (Å²) in [5.41, 5.74) is -0.513. The lowest BCUT2D eigenvalue weighted by Gasteiger charge is -2.33. The number of anilines is 1. The number of aromatic nitrogens is 3. The van der Waals surface area contributed by atoms with Crippen LogP contribution in [0.5, 0.6) is 11.5 Å². The Labute approximate surface area is 272 Å². The summed E-state index contributed by atoms with van der Waals surface area (Å²) in [4.78, 5) is 49.5. The standard InChI is InChI=1S/C34H31F2N5O5S/c1-34(2,3)46-33(44)40-15-11-20(12-16-40)28-19-25-30(47-28)27(10-13-37-25)45-26-9-6-22(18-24(26)36)39-31(42)29-32(43)41(17-14-38-29)23-7-4-21(35)5-8-23/h4-10,13-14,17-20H,11-12,15-16H2,1-3H3,(H,39,42). The van der Waals surface area contributed by atoms with E-state index in [1.165, 1.54) is 60.1 Å². The summed E-state index contributed by atoms with van der Waals surface area (Å²) < 4.78 is 42.0. The average Bonchev–Trinajstić information content (AvgIpc) is 3.48. The second kappa shape index (κ2) is 12.9. The minimum atomic E-state index is -0.835. The van der Waals surface area contributed by atoms with E-state index >= 15 is 4.39 Å². The zero-order valence-electron chi connectivity index (χ0n) is 25.8. The second-order valence-corrected chi connectivity index (χ2v) is 13.1. The largest absolute Gasteiger partial charge is 0.453 e. The van der Waals surface area contributed by atoms with Crippen molar-refractivity contribution in [2.45, 2.75) is 45.1 Å². The average molecular weight is 660 g/mol. The summed E-state index contributed by atoms with van der Waals surface area (Å²) >= 11 is 1.53. The Balaban J connectivity index is 1.14. The number of fused-ring (bicyclic) bond motifs is 1. The number of piperidine rings is 1. The molecule has 1 fully saturated rings. The van der Waals surface area contributed by atoms with Gasteiger partial charge in [0.25, 0.3) is 11.5 Å². The summed E-state index contributed by atoms with van der Waals surface area (Å²) in [6.07, 6.45) is 5.48. The van der Waals surface area contributed by atoms with Crippen LogP contribution in [0.3, 0.4) is 0 Å². The maximum Gasteiger partial charge on any atom is 0.410 e. The molecule has 1 N–H and O–H groups in total. The van der Waals surface area contributed by atoms with Crippen LogP contribution in [-0.2, 0) is 4.74 Å². The SMILES string of the molecule is CC(C)(C)OC(=O)N1CCC(c2cc3nccc(Oc4ccc(NC(=O)c5nccn(-c6ccc(F)cc6)c5=O)cc4F)c3s2)CC1. The second-order valence-electron chi connectivity index (χ2n) is 12.0. The Kier molecular flexibility index (Phi) is 8.74. The van der Waals surface area contributed by atoms with E-state index in [1.807, 2.05) is 26.8 Å². The molecule has 5 aromatic rings. The van der Waals surface area contributed by atoms with E-state index in [0.717, 1.165) is 38.6 Å². The highest BCUT2D eigenvalue weighted by atomic mass is 32.1. The molecule has 1 saturated heterocycles. The van der Waals surface area contributed by atoms with Crippen molar-refractivity contribution in [2.24, 2.45) is 0 Å². The molecule has 10 nitrogen and oxygen atoms in total. The predicted molar refractivity (Wildman–Crippen MR) is 174 cm³/mol. The third-order valence-corrected chi connectivity index (χ3v) is 8.82. The minimum absolute atomic E-state index is 0.0624. The number of amides is 2.